The molecule has 0 bridgehead atoms. The van der Waals surface area contributed by atoms with Crippen molar-refractivity contribution in [3.8, 4) is 0 Å². The summed E-state index contributed by atoms with van der Waals surface area (Å²) >= 11 is 0. The van der Waals surface area contributed by atoms with Gasteiger partial charge < -0.3 is 5.11 Å². The molecule has 2 rings (SSSR count). The van der Waals surface area contributed by atoms with E-state index >= 15 is 0 Å². The molecule has 0 aromatic heterocycles. The lowest BCUT2D eigenvalue weighted by molar-refractivity contribution is -0.346. The fourth-order valence-corrected chi connectivity index (χ4v) is 4.42. The van der Waals surface area contributed by atoms with E-state index in [1.165, 1.54) is 37.7 Å². The van der Waals surface area contributed by atoms with Crippen LogP contribution in [0.1, 0.15) is 84.1 Å². The van der Waals surface area contributed by atoms with Crippen molar-refractivity contribution in [1.29, 1.82) is 0 Å². The number of allylic oxidation sites excluding steroid dienone is 3. The van der Waals surface area contributed by atoms with Crippen LogP contribution in [-0.4, -0.2) is 22.3 Å². The van der Waals surface area contributed by atoms with E-state index in [0.29, 0.717) is 12.3 Å². The van der Waals surface area contributed by atoms with Crippen molar-refractivity contribution < 1.29 is 19.7 Å². The van der Waals surface area contributed by atoms with E-state index in [9.17, 15) is 4.79 Å². The average molecular weight is 415 g/mol. The predicted octanol–water partition coefficient (Wildman–Crippen LogP) is 6.97. The molecule has 4 heteroatoms. The van der Waals surface area contributed by atoms with Gasteiger partial charge in [-0.15, -0.1) is 0 Å². The molecule has 1 aromatic rings. The highest BCUT2D eigenvalue weighted by Gasteiger charge is 2.47. The number of hydrogen-bond donors (Lipinski definition) is 1. The quantitative estimate of drug-likeness (QED) is 0.215. The van der Waals surface area contributed by atoms with Crippen molar-refractivity contribution >= 4 is 12.0 Å². The van der Waals surface area contributed by atoms with E-state index < -0.39 is 11.6 Å². The van der Waals surface area contributed by atoms with Crippen LogP contribution >= 0.6 is 0 Å². The summed E-state index contributed by atoms with van der Waals surface area (Å²) in [6.45, 7) is 6.11. The molecule has 0 saturated carbocycles. The maximum absolute atomic E-state index is 11.0. The second-order valence-electron chi connectivity index (χ2n) is 9.31. The van der Waals surface area contributed by atoms with Gasteiger partial charge >= 0.3 is 5.97 Å². The molecule has 1 fully saturated rings. The molecule has 1 aliphatic rings. The fraction of sp³-hybridized carbons (Fsp3) is 0.577. The number of carboxylic acids is 1. The van der Waals surface area contributed by atoms with Crippen LogP contribution in [0.15, 0.2) is 48.6 Å². The first-order chi connectivity index (χ1) is 14.3. The van der Waals surface area contributed by atoms with Crippen molar-refractivity contribution in [1.82, 2.24) is 0 Å². The zero-order valence-corrected chi connectivity index (χ0v) is 18.8. The summed E-state index contributed by atoms with van der Waals surface area (Å²) in [7, 11) is 0. The Morgan fingerprint density at radius 3 is 2.50 bits per heavy atom. The third kappa shape index (κ3) is 9.27. The molecule has 30 heavy (non-hydrogen) atoms. The van der Waals surface area contributed by atoms with Gasteiger partial charge in [-0.25, -0.2) is 9.78 Å². The summed E-state index contributed by atoms with van der Waals surface area (Å²) in [5, 5.41) is 9.04. The Morgan fingerprint density at radius 1 is 1.07 bits per heavy atom. The van der Waals surface area contributed by atoms with Gasteiger partial charge in [0.1, 0.15) is 11.2 Å². The minimum Gasteiger partial charge on any atom is -0.481 e. The largest absolute Gasteiger partial charge is 0.481 e. The number of unbranched alkanes of at least 4 members (excludes halogenated alkanes) is 4. The van der Waals surface area contributed by atoms with Crippen molar-refractivity contribution in [3.63, 3.8) is 0 Å². The molecule has 0 aliphatic carbocycles. The van der Waals surface area contributed by atoms with Crippen molar-refractivity contribution in [2.45, 2.75) is 89.8 Å². The van der Waals surface area contributed by atoms with E-state index in [1.54, 1.807) is 0 Å². The molecule has 3 atom stereocenters. The molecule has 0 amide bonds. The van der Waals surface area contributed by atoms with Crippen LogP contribution in [-0.2, 0) is 14.6 Å². The molecule has 0 spiro atoms. The molecule has 0 radical (unpaired) electrons. The van der Waals surface area contributed by atoms with Crippen LogP contribution in [0.2, 0.25) is 0 Å². The second-order valence-corrected chi connectivity index (χ2v) is 9.31. The second kappa shape index (κ2) is 12.1. The zero-order valence-electron chi connectivity index (χ0n) is 18.8. The lowest BCUT2D eigenvalue weighted by atomic mass is 9.81. The summed E-state index contributed by atoms with van der Waals surface area (Å²) in [5.41, 5.74) is 0.123. The fourth-order valence-electron chi connectivity index (χ4n) is 4.42. The molecule has 1 saturated heterocycles. The smallest absolute Gasteiger partial charge is 0.306 e. The van der Waals surface area contributed by atoms with Crippen LogP contribution in [0.5, 0.6) is 0 Å². The summed E-state index contributed by atoms with van der Waals surface area (Å²) in [5.74, 6) is -0.311. The third-order valence-corrected chi connectivity index (χ3v) is 5.65. The van der Waals surface area contributed by atoms with E-state index in [1.807, 2.05) is 19.9 Å². The Labute approximate surface area is 181 Å². The zero-order chi connectivity index (χ0) is 21.9. The topological polar surface area (TPSA) is 55.8 Å². The van der Waals surface area contributed by atoms with Gasteiger partial charge in [0, 0.05) is 6.42 Å². The van der Waals surface area contributed by atoms with Crippen molar-refractivity contribution in [2.24, 2.45) is 5.92 Å². The Bertz CT molecular complexity index is 696. The van der Waals surface area contributed by atoms with Crippen LogP contribution in [0.3, 0.4) is 0 Å². The Morgan fingerprint density at radius 2 is 1.77 bits per heavy atom. The van der Waals surface area contributed by atoms with Crippen LogP contribution in [0.25, 0.3) is 6.08 Å². The van der Waals surface area contributed by atoms with Crippen LogP contribution < -0.4 is 0 Å². The monoisotopic (exact) mass is 414 g/mol. The van der Waals surface area contributed by atoms with Gasteiger partial charge in [-0.2, -0.15) is 0 Å². The standard InChI is InChI=1S/C26H38O4/c1-22(19-25(2)21-26(3,30-29-25)20-24(27)28)15-11-8-6-4-5-7-9-12-16-23-17-13-10-14-18-23/h7,9-10,12-14,16-18,22H,4-6,8,11,15,19-21H2,1-3H3,(H,27,28)/b9-7+,16-12+/t22?,25-,26+/m1/s1. The minimum absolute atomic E-state index is 0.0204. The predicted molar refractivity (Wildman–Crippen MR) is 122 cm³/mol. The molecule has 1 aromatic carbocycles. The number of benzene rings is 1. The van der Waals surface area contributed by atoms with Crippen molar-refractivity contribution in [3.05, 3.63) is 54.1 Å². The maximum atomic E-state index is 11.0. The molecule has 1 aliphatic heterocycles. The Kier molecular flexibility index (Phi) is 9.80. The molecule has 166 valence electrons. The lowest BCUT2D eigenvalue weighted by Crippen LogP contribution is -2.31. The third-order valence-electron chi connectivity index (χ3n) is 5.65. The number of aliphatic carboxylic acids is 1. The maximum Gasteiger partial charge on any atom is 0.306 e. The summed E-state index contributed by atoms with van der Waals surface area (Å²) in [4.78, 5) is 22.0. The van der Waals surface area contributed by atoms with Gasteiger partial charge in [-0.3, -0.25) is 4.79 Å². The summed E-state index contributed by atoms with van der Waals surface area (Å²) < 4.78 is 0. The molecule has 1 heterocycles. The first-order valence-corrected chi connectivity index (χ1v) is 11.3. The summed E-state index contributed by atoms with van der Waals surface area (Å²) in [6.07, 6.45) is 17.4. The minimum atomic E-state index is -0.847. The number of hydrogen-bond acceptors (Lipinski definition) is 3. The van der Waals surface area contributed by atoms with Crippen LogP contribution in [0, 0.1) is 5.92 Å². The molecule has 1 unspecified atom stereocenters. The lowest BCUT2D eigenvalue weighted by Gasteiger charge is -2.25. The SMILES string of the molecule is CC(CCCCCC/C=C/C=C/c1ccccc1)C[C@]1(C)C[C@](C)(CC(=O)O)OO1. The van der Waals surface area contributed by atoms with E-state index in [2.05, 4.69) is 55.5 Å². The average Bonchev–Trinajstić information content (AvgIpc) is 2.97. The molecular formula is C26H38O4. The number of rotatable bonds is 13. The van der Waals surface area contributed by atoms with E-state index in [-0.39, 0.29) is 12.0 Å². The highest BCUT2D eigenvalue weighted by atomic mass is 17.2. The molecule has 4 nitrogen and oxygen atoms in total. The van der Waals surface area contributed by atoms with E-state index in [0.717, 1.165) is 12.8 Å². The van der Waals surface area contributed by atoms with Gasteiger partial charge in [-0.05, 0) is 44.6 Å². The first kappa shape index (κ1) is 24.4. The Hall–Kier alpha value is -1.91. The van der Waals surface area contributed by atoms with Gasteiger partial charge in [0.25, 0.3) is 0 Å². The van der Waals surface area contributed by atoms with Crippen LogP contribution in [0.4, 0.5) is 0 Å². The summed E-state index contributed by atoms with van der Waals surface area (Å²) in [6, 6.07) is 10.3. The molecule has 1 N–H and O–H groups in total. The number of carboxylic acid groups (broad SMARTS) is 1. The highest BCUT2D eigenvalue weighted by molar-refractivity contribution is 5.68. The molecular weight excluding hydrogens is 376 g/mol. The van der Waals surface area contributed by atoms with E-state index in [4.69, 9.17) is 14.9 Å². The highest BCUT2D eigenvalue weighted by Crippen LogP contribution is 2.42. The van der Waals surface area contributed by atoms with Crippen molar-refractivity contribution in [2.75, 3.05) is 0 Å². The first-order valence-electron chi connectivity index (χ1n) is 11.3. The number of carbonyl (C=O) groups is 1. The van der Waals surface area contributed by atoms with Gasteiger partial charge in [0.05, 0.1) is 6.42 Å². The Balaban J connectivity index is 1.53. The van der Waals surface area contributed by atoms with Gasteiger partial charge in [0.2, 0.25) is 0 Å². The van der Waals surface area contributed by atoms with Gasteiger partial charge in [0.15, 0.2) is 0 Å². The normalized spacial score (nSPS) is 25.3. The van der Waals surface area contributed by atoms with Gasteiger partial charge in [-0.1, -0.05) is 87.2 Å².